The van der Waals surface area contributed by atoms with Crippen LogP contribution >= 0.6 is 15.9 Å². The standard InChI is InChI=1S/C7H7BrFN/c8-2-1-6-3-7(9)5-10-4-6/h3-5H,1-2H2. The summed E-state index contributed by atoms with van der Waals surface area (Å²) in [5.41, 5.74) is 0.928. The Morgan fingerprint density at radius 3 is 2.90 bits per heavy atom. The molecule has 0 saturated carbocycles. The van der Waals surface area contributed by atoms with E-state index in [1.165, 1.54) is 12.3 Å². The first-order chi connectivity index (χ1) is 4.83. The van der Waals surface area contributed by atoms with Gasteiger partial charge in [-0.3, -0.25) is 4.98 Å². The lowest BCUT2D eigenvalue weighted by Crippen LogP contribution is -1.88. The summed E-state index contributed by atoms with van der Waals surface area (Å²) in [6.07, 6.45) is 3.70. The fourth-order valence-electron chi connectivity index (χ4n) is 0.702. The van der Waals surface area contributed by atoms with Crippen molar-refractivity contribution in [1.29, 1.82) is 0 Å². The summed E-state index contributed by atoms with van der Waals surface area (Å²) < 4.78 is 12.4. The van der Waals surface area contributed by atoms with Crippen molar-refractivity contribution in [3.05, 3.63) is 29.8 Å². The highest BCUT2D eigenvalue weighted by molar-refractivity contribution is 9.09. The highest BCUT2D eigenvalue weighted by Crippen LogP contribution is 2.02. The molecule has 1 rings (SSSR count). The lowest BCUT2D eigenvalue weighted by molar-refractivity contribution is 0.619. The third-order valence-corrected chi connectivity index (χ3v) is 1.54. The number of hydrogen-bond acceptors (Lipinski definition) is 1. The number of rotatable bonds is 2. The molecule has 1 heterocycles. The molecule has 0 amide bonds. The fraction of sp³-hybridized carbons (Fsp3) is 0.286. The van der Waals surface area contributed by atoms with Gasteiger partial charge in [-0.25, -0.2) is 4.39 Å². The summed E-state index contributed by atoms with van der Waals surface area (Å²) >= 11 is 3.26. The molecule has 0 aliphatic carbocycles. The molecule has 0 saturated heterocycles. The molecule has 10 heavy (non-hydrogen) atoms. The zero-order valence-electron chi connectivity index (χ0n) is 5.35. The minimum Gasteiger partial charge on any atom is -0.261 e. The monoisotopic (exact) mass is 203 g/mol. The lowest BCUT2D eigenvalue weighted by Gasteiger charge is -1.94. The Kier molecular flexibility index (Phi) is 2.81. The maximum absolute atomic E-state index is 12.4. The topological polar surface area (TPSA) is 12.9 Å². The van der Waals surface area contributed by atoms with Gasteiger partial charge in [-0.1, -0.05) is 15.9 Å². The molecule has 0 radical (unpaired) electrons. The second kappa shape index (κ2) is 3.66. The predicted molar refractivity (Wildman–Crippen MR) is 41.7 cm³/mol. The zero-order valence-corrected chi connectivity index (χ0v) is 6.94. The van der Waals surface area contributed by atoms with E-state index in [4.69, 9.17) is 0 Å². The largest absolute Gasteiger partial charge is 0.261 e. The summed E-state index contributed by atoms with van der Waals surface area (Å²) in [6.45, 7) is 0. The average Bonchev–Trinajstić information content (AvgIpc) is 1.88. The predicted octanol–water partition coefficient (Wildman–Crippen LogP) is 2.16. The SMILES string of the molecule is Fc1cncc(CCBr)c1. The number of aryl methyl sites for hydroxylation is 1. The summed E-state index contributed by atoms with van der Waals surface area (Å²) in [7, 11) is 0. The smallest absolute Gasteiger partial charge is 0.141 e. The molecule has 0 aromatic carbocycles. The highest BCUT2D eigenvalue weighted by atomic mass is 79.9. The molecule has 0 atom stereocenters. The normalized spacial score (nSPS) is 9.80. The van der Waals surface area contributed by atoms with E-state index in [1.54, 1.807) is 6.20 Å². The Morgan fingerprint density at radius 2 is 2.30 bits per heavy atom. The van der Waals surface area contributed by atoms with Crippen LogP contribution in [0.15, 0.2) is 18.5 Å². The first-order valence-corrected chi connectivity index (χ1v) is 4.10. The second-order valence-corrected chi connectivity index (χ2v) is 2.74. The molecule has 0 aliphatic heterocycles. The van der Waals surface area contributed by atoms with Gasteiger partial charge in [-0.15, -0.1) is 0 Å². The third kappa shape index (κ3) is 2.06. The maximum Gasteiger partial charge on any atom is 0.141 e. The van der Waals surface area contributed by atoms with Crippen LogP contribution in [0.4, 0.5) is 4.39 Å². The van der Waals surface area contributed by atoms with Crippen LogP contribution in [0, 0.1) is 5.82 Å². The maximum atomic E-state index is 12.4. The van der Waals surface area contributed by atoms with Gasteiger partial charge in [0.1, 0.15) is 5.82 Å². The molecule has 0 bridgehead atoms. The molecule has 0 fully saturated rings. The van der Waals surface area contributed by atoms with Gasteiger partial charge in [0, 0.05) is 11.5 Å². The molecule has 0 unspecified atom stereocenters. The number of pyridine rings is 1. The van der Waals surface area contributed by atoms with Crippen molar-refractivity contribution in [1.82, 2.24) is 4.98 Å². The van der Waals surface area contributed by atoms with Crippen molar-refractivity contribution >= 4 is 15.9 Å². The minimum absolute atomic E-state index is 0.265. The van der Waals surface area contributed by atoms with Crippen LogP contribution in [0.25, 0.3) is 0 Å². The Bertz CT molecular complexity index is 215. The molecule has 0 spiro atoms. The van der Waals surface area contributed by atoms with E-state index < -0.39 is 0 Å². The Hall–Kier alpha value is -0.440. The summed E-state index contributed by atoms with van der Waals surface area (Å²) in [6, 6.07) is 1.49. The molecular formula is C7H7BrFN. The Morgan fingerprint density at radius 1 is 1.50 bits per heavy atom. The van der Waals surface area contributed by atoms with E-state index in [0.29, 0.717) is 0 Å². The van der Waals surface area contributed by atoms with Gasteiger partial charge in [0.2, 0.25) is 0 Å². The van der Waals surface area contributed by atoms with Crippen LogP contribution in [-0.4, -0.2) is 10.3 Å². The van der Waals surface area contributed by atoms with E-state index in [-0.39, 0.29) is 5.82 Å². The molecular weight excluding hydrogens is 197 g/mol. The van der Waals surface area contributed by atoms with Crippen LogP contribution in [-0.2, 0) is 6.42 Å². The fourth-order valence-corrected chi connectivity index (χ4v) is 1.16. The van der Waals surface area contributed by atoms with Crippen molar-refractivity contribution in [2.45, 2.75) is 6.42 Å². The van der Waals surface area contributed by atoms with Gasteiger partial charge in [0.15, 0.2) is 0 Å². The van der Waals surface area contributed by atoms with Crippen LogP contribution in [0.3, 0.4) is 0 Å². The van der Waals surface area contributed by atoms with Crippen molar-refractivity contribution in [3.63, 3.8) is 0 Å². The molecule has 54 valence electrons. The summed E-state index contributed by atoms with van der Waals surface area (Å²) in [5.74, 6) is -0.265. The van der Waals surface area contributed by atoms with Crippen LogP contribution in [0.2, 0.25) is 0 Å². The van der Waals surface area contributed by atoms with E-state index in [1.807, 2.05) is 0 Å². The number of alkyl halides is 1. The van der Waals surface area contributed by atoms with E-state index in [0.717, 1.165) is 17.3 Å². The first kappa shape index (κ1) is 7.66. The average molecular weight is 204 g/mol. The van der Waals surface area contributed by atoms with Crippen molar-refractivity contribution < 1.29 is 4.39 Å². The molecule has 0 N–H and O–H groups in total. The van der Waals surface area contributed by atoms with Gasteiger partial charge in [0.05, 0.1) is 6.20 Å². The van der Waals surface area contributed by atoms with E-state index >= 15 is 0 Å². The van der Waals surface area contributed by atoms with Crippen molar-refractivity contribution in [3.8, 4) is 0 Å². The number of nitrogens with zero attached hydrogens (tertiary/aromatic N) is 1. The number of aromatic nitrogens is 1. The van der Waals surface area contributed by atoms with Gasteiger partial charge in [-0.2, -0.15) is 0 Å². The van der Waals surface area contributed by atoms with Gasteiger partial charge >= 0.3 is 0 Å². The lowest BCUT2D eigenvalue weighted by atomic mass is 10.2. The van der Waals surface area contributed by atoms with E-state index in [2.05, 4.69) is 20.9 Å². The molecule has 1 aromatic heterocycles. The van der Waals surface area contributed by atoms with Crippen LogP contribution in [0.5, 0.6) is 0 Å². The Balaban J connectivity index is 2.75. The molecule has 1 aromatic rings. The Labute approximate surface area is 67.4 Å². The molecule has 0 aliphatic rings. The second-order valence-electron chi connectivity index (χ2n) is 1.95. The van der Waals surface area contributed by atoms with Gasteiger partial charge in [0.25, 0.3) is 0 Å². The molecule has 1 nitrogen and oxygen atoms in total. The zero-order chi connectivity index (χ0) is 7.40. The molecule has 3 heteroatoms. The quantitative estimate of drug-likeness (QED) is 0.672. The summed E-state index contributed by atoms with van der Waals surface area (Å²) in [5, 5.41) is 0.845. The van der Waals surface area contributed by atoms with Crippen molar-refractivity contribution in [2.24, 2.45) is 0 Å². The summed E-state index contributed by atoms with van der Waals surface area (Å²) in [4.78, 5) is 3.71. The number of halogens is 2. The highest BCUT2D eigenvalue weighted by Gasteiger charge is 1.93. The van der Waals surface area contributed by atoms with Gasteiger partial charge < -0.3 is 0 Å². The number of hydrogen-bond donors (Lipinski definition) is 0. The minimum atomic E-state index is -0.265. The van der Waals surface area contributed by atoms with E-state index in [9.17, 15) is 4.39 Å². The van der Waals surface area contributed by atoms with Crippen LogP contribution in [0.1, 0.15) is 5.56 Å². The van der Waals surface area contributed by atoms with Crippen LogP contribution < -0.4 is 0 Å². The first-order valence-electron chi connectivity index (χ1n) is 2.98. The van der Waals surface area contributed by atoms with Crippen molar-refractivity contribution in [2.75, 3.05) is 5.33 Å². The third-order valence-electron chi connectivity index (χ3n) is 1.14. The van der Waals surface area contributed by atoms with Gasteiger partial charge in [-0.05, 0) is 18.1 Å².